The molecule has 2 N–H and O–H groups in total. The molecule has 0 bridgehead atoms. The van der Waals surface area contributed by atoms with Crippen molar-refractivity contribution in [1.29, 1.82) is 0 Å². The monoisotopic (exact) mass is 240 g/mol. The molecule has 1 aromatic rings. The number of hydrogen-bond acceptors (Lipinski definition) is 5. The highest BCUT2D eigenvalue weighted by Gasteiger charge is 2.18. The van der Waals surface area contributed by atoms with Gasteiger partial charge in [0.1, 0.15) is 0 Å². The molecule has 5 nitrogen and oxygen atoms in total. The largest absolute Gasteiger partial charge is 0.342 e. The van der Waals surface area contributed by atoms with Crippen LogP contribution in [0.5, 0.6) is 0 Å². The van der Waals surface area contributed by atoms with E-state index in [9.17, 15) is 0 Å². The molecule has 0 fully saturated rings. The molecule has 0 radical (unpaired) electrons. The minimum absolute atomic E-state index is 0.0650. The first-order valence-electron chi connectivity index (χ1n) is 6.11. The quantitative estimate of drug-likeness (QED) is 0.850. The van der Waals surface area contributed by atoms with Gasteiger partial charge in [0.2, 0.25) is 5.89 Å². The number of nitrogens with two attached hydrogens (primary N) is 1. The van der Waals surface area contributed by atoms with Crippen molar-refractivity contribution >= 4 is 5.95 Å². The highest BCUT2D eigenvalue weighted by Crippen LogP contribution is 2.21. The SMILES string of the molecule is CCN(C)c1noc(CC(N)CC(C)(C)C)n1. The lowest BCUT2D eigenvalue weighted by Crippen LogP contribution is -2.28. The Morgan fingerprint density at radius 1 is 1.41 bits per heavy atom. The van der Waals surface area contributed by atoms with Crippen molar-refractivity contribution in [3.05, 3.63) is 5.89 Å². The van der Waals surface area contributed by atoms with E-state index in [0.29, 0.717) is 18.3 Å². The summed E-state index contributed by atoms with van der Waals surface area (Å²) < 4.78 is 5.19. The summed E-state index contributed by atoms with van der Waals surface area (Å²) >= 11 is 0. The van der Waals surface area contributed by atoms with Crippen LogP contribution in [0, 0.1) is 5.41 Å². The van der Waals surface area contributed by atoms with Crippen LogP contribution in [0.4, 0.5) is 5.95 Å². The molecule has 0 saturated carbocycles. The van der Waals surface area contributed by atoms with E-state index in [1.165, 1.54) is 0 Å². The maximum Gasteiger partial charge on any atom is 0.265 e. The van der Waals surface area contributed by atoms with Crippen molar-refractivity contribution in [1.82, 2.24) is 10.1 Å². The fourth-order valence-corrected chi connectivity index (χ4v) is 1.71. The number of anilines is 1. The third kappa shape index (κ3) is 4.73. The smallest absolute Gasteiger partial charge is 0.265 e. The Balaban J connectivity index is 2.54. The summed E-state index contributed by atoms with van der Waals surface area (Å²) in [4.78, 5) is 6.25. The van der Waals surface area contributed by atoms with Gasteiger partial charge in [-0.05, 0) is 23.9 Å². The fourth-order valence-electron chi connectivity index (χ4n) is 1.71. The van der Waals surface area contributed by atoms with Crippen molar-refractivity contribution in [2.24, 2.45) is 11.1 Å². The van der Waals surface area contributed by atoms with Gasteiger partial charge in [0, 0.05) is 26.1 Å². The van der Waals surface area contributed by atoms with Crippen molar-refractivity contribution in [3.8, 4) is 0 Å². The van der Waals surface area contributed by atoms with Crippen LogP contribution in [-0.4, -0.2) is 29.8 Å². The van der Waals surface area contributed by atoms with Crippen LogP contribution in [0.2, 0.25) is 0 Å². The standard InChI is InChI=1S/C12H24N4O/c1-6-16(5)11-14-10(17-15-11)7-9(13)8-12(2,3)4/h9H,6-8,13H2,1-5H3. The molecule has 0 aliphatic heterocycles. The maximum atomic E-state index is 6.07. The molecule has 0 aliphatic carbocycles. The van der Waals surface area contributed by atoms with Gasteiger partial charge in [-0.1, -0.05) is 20.8 Å². The minimum Gasteiger partial charge on any atom is -0.342 e. The molecule has 1 aromatic heterocycles. The van der Waals surface area contributed by atoms with E-state index in [-0.39, 0.29) is 11.5 Å². The average Bonchev–Trinajstić information content (AvgIpc) is 2.62. The van der Waals surface area contributed by atoms with Gasteiger partial charge in [-0.2, -0.15) is 4.98 Å². The highest BCUT2D eigenvalue weighted by molar-refractivity contribution is 5.25. The van der Waals surface area contributed by atoms with E-state index in [0.717, 1.165) is 13.0 Å². The van der Waals surface area contributed by atoms with Gasteiger partial charge < -0.3 is 15.2 Å². The number of nitrogens with zero attached hydrogens (tertiary/aromatic N) is 3. The van der Waals surface area contributed by atoms with Crippen molar-refractivity contribution < 1.29 is 4.52 Å². The lowest BCUT2D eigenvalue weighted by molar-refractivity contribution is 0.313. The predicted molar refractivity (Wildman–Crippen MR) is 69.0 cm³/mol. The van der Waals surface area contributed by atoms with Gasteiger partial charge in [-0.3, -0.25) is 0 Å². The van der Waals surface area contributed by atoms with Gasteiger partial charge in [0.15, 0.2) is 0 Å². The Morgan fingerprint density at radius 2 is 2.06 bits per heavy atom. The van der Waals surface area contributed by atoms with Crippen LogP contribution < -0.4 is 10.6 Å². The van der Waals surface area contributed by atoms with E-state index in [2.05, 4.69) is 30.9 Å². The van der Waals surface area contributed by atoms with Crippen molar-refractivity contribution in [2.45, 2.75) is 46.6 Å². The van der Waals surface area contributed by atoms with E-state index in [1.807, 2.05) is 18.9 Å². The second-order valence-corrected chi connectivity index (χ2v) is 5.73. The first-order chi connectivity index (χ1) is 7.81. The van der Waals surface area contributed by atoms with Crippen LogP contribution in [0.3, 0.4) is 0 Å². The lowest BCUT2D eigenvalue weighted by Gasteiger charge is -2.21. The summed E-state index contributed by atoms with van der Waals surface area (Å²) in [7, 11) is 1.93. The molecule has 0 amide bonds. The molecule has 5 heteroatoms. The third-order valence-corrected chi connectivity index (χ3v) is 2.58. The Morgan fingerprint density at radius 3 is 2.59 bits per heavy atom. The molecule has 1 atom stereocenters. The van der Waals surface area contributed by atoms with Gasteiger partial charge in [0.25, 0.3) is 5.95 Å². The van der Waals surface area contributed by atoms with Gasteiger partial charge in [-0.25, -0.2) is 0 Å². The summed E-state index contributed by atoms with van der Waals surface area (Å²) in [6.45, 7) is 9.43. The summed E-state index contributed by atoms with van der Waals surface area (Å²) in [5.41, 5.74) is 6.29. The molecular formula is C12H24N4O. The van der Waals surface area contributed by atoms with Gasteiger partial charge >= 0.3 is 0 Å². The Labute approximate surface area is 103 Å². The first-order valence-corrected chi connectivity index (χ1v) is 6.11. The van der Waals surface area contributed by atoms with Crippen LogP contribution in [0.15, 0.2) is 4.52 Å². The van der Waals surface area contributed by atoms with Gasteiger partial charge in [0.05, 0.1) is 0 Å². The molecule has 1 heterocycles. The first kappa shape index (κ1) is 14.0. The van der Waals surface area contributed by atoms with Crippen LogP contribution in [-0.2, 0) is 6.42 Å². The van der Waals surface area contributed by atoms with Crippen LogP contribution in [0.25, 0.3) is 0 Å². The number of hydrogen-bond donors (Lipinski definition) is 1. The molecular weight excluding hydrogens is 216 g/mol. The van der Waals surface area contributed by atoms with Crippen LogP contribution >= 0.6 is 0 Å². The molecule has 0 aromatic carbocycles. The molecule has 0 spiro atoms. The molecule has 1 unspecified atom stereocenters. The Kier molecular flexibility index (Phi) is 4.51. The normalized spacial score (nSPS) is 13.8. The molecule has 1 rings (SSSR count). The molecule has 0 saturated heterocycles. The second kappa shape index (κ2) is 5.49. The van der Waals surface area contributed by atoms with Gasteiger partial charge in [-0.15, -0.1) is 0 Å². The number of rotatable bonds is 5. The molecule has 17 heavy (non-hydrogen) atoms. The predicted octanol–water partition coefficient (Wildman–Crippen LogP) is 1.83. The average molecular weight is 240 g/mol. The van der Waals surface area contributed by atoms with E-state index >= 15 is 0 Å². The zero-order valence-corrected chi connectivity index (χ0v) is 11.5. The Bertz CT molecular complexity index is 343. The van der Waals surface area contributed by atoms with Crippen molar-refractivity contribution in [2.75, 3.05) is 18.5 Å². The second-order valence-electron chi connectivity index (χ2n) is 5.73. The fraction of sp³-hybridized carbons (Fsp3) is 0.833. The zero-order chi connectivity index (χ0) is 13.1. The third-order valence-electron chi connectivity index (χ3n) is 2.58. The summed E-state index contributed by atoms with van der Waals surface area (Å²) in [6, 6.07) is 0.0650. The maximum absolute atomic E-state index is 6.07. The van der Waals surface area contributed by atoms with Crippen LogP contribution in [0.1, 0.15) is 40.0 Å². The Hall–Kier alpha value is -1.10. The number of aromatic nitrogens is 2. The van der Waals surface area contributed by atoms with Crippen molar-refractivity contribution in [3.63, 3.8) is 0 Å². The zero-order valence-electron chi connectivity index (χ0n) is 11.5. The highest BCUT2D eigenvalue weighted by atomic mass is 16.5. The molecule has 0 aliphatic rings. The molecule has 98 valence electrons. The van der Waals surface area contributed by atoms with E-state index in [1.54, 1.807) is 0 Å². The van der Waals surface area contributed by atoms with E-state index in [4.69, 9.17) is 10.3 Å². The summed E-state index contributed by atoms with van der Waals surface area (Å²) in [5.74, 6) is 1.25. The summed E-state index contributed by atoms with van der Waals surface area (Å²) in [5, 5.41) is 3.92. The lowest BCUT2D eigenvalue weighted by atomic mass is 9.87. The van der Waals surface area contributed by atoms with E-state index < -0.39 is 0 Å². The summed E-state index contributed by atoms with van der Waals surface area (Å²) in [6.07, 6.45) is 1.58. The minimum atomic E-state index is 0.0650. The topological polar surface area (TPSA) is 68.2 Å².